The second-order valence-corrected chi connectivity index (χ2v) is 6.80. The third-order valence-corrected chi connectivity index (χ3v) is 4.87. The first kappa shape index (κ1) is 17.3. The molecular formula is C17H18N4O3S. The summed E-state index contributed by atoms with van der Waals surface area (Å²) in [5.41, 5.74) is 2.39. The minimum Gasteiger partial charge on any atom is -0.427 e. The minimum absolute atomic E-state index is 0.00326. The zero-order valence-electron chi connectivity index (χ0n) is 14.1. The number of allylic oxidation sites excluding steroid dienone is 2. The summed E-state index contributed by atoms with van der Waals surface area (Å²) in [7, 11) is 1.76. The monoisotopic (exact) mass is 358 g/mol. The fourth-order valence-electron chi connectivity index (χ4n) is 2.54. The van der Waals surface area contributed by atoms with Gasteiger partial charge in [-0.25, -0.2) is 9.48 Å². The van der Waals surface area contributed by atoms with Crippen molar-refractivity contribution in [2.75, 3.05) is 0 Å². The fourth-order valence-corrected chi connectivity index (χ4v) is 3.38. The molecule has 1 aromatic heterocycles. The Kier molecular flexibility index (Phi) is 5.28. The van der Waals surface area contributed by atoms with Gasteiger partial charge in [0, 0.05) is 31.7 Å². The summed E-state index contributed by atoms with van der Waals surface area (Å²) in [4.78, 5) is 24.0. The molecule has 0 fully saturated rings. The van der Waals surface area contributed by atoms with Gasteiger partial charge in [0.15, 0.2) is 5.78 Å². The predicted octanol–water partition coefficient (Wildman–Crippen LogP) is 2.60. The van der Waals surface area contributed by atoms with Crippen molar-refractivity contribution in [3.05, 3.63) is 46.7 Å². The molecule has 1 aromatic carbocycles. The standard InChI is InChI=1S/C17H18N4O3S/c1-11-6-7-15(16(23)24-14-5-3-4-13(22)9-14)12(8-11)10-25-17-18-19-20-21(17)2/h6-9H,3-5,10H2,1-2H3. The van der Waals surface area contributed by atoms with E-state index in [1.165, 1.54) is 17.8 Å². The first-order valence-electron chi connectivity index (χ1n) is 7.93. The van der Waals surface area contributed by atoms with Crippen LogP contribution in [-0.4, -0.2) is 32.0 Å². The van der Waals surface area contributed by atoms with Gasteiger partial charge in [0.05, 0.1) is 5.56 Å². The molecule has 0 bridgehead atoms. The molecule has 0 spiro atoms. The van der Waals surface area contributed by atoms with Crippen molar-refractivity contribution in [3.8, 4) is 0 Å². The van der Waals surface area contributed by atoms with Crippen molar-refractivity contribution in [2.24, 2.45) is 7.05 Å². The van der Waals surface area contributed by atoms with E-state index in [0.29, 0.717) is 41.5 Å². The molecule has 7 nitrogen and oxygen atoms in total. The van der Waals surface area contributed by atoms with Crippen LogP contribution in [0.25, 0.3) is 0 Å². The maximum absolute atomic E-state index is 12.6. The Morgan fingerprint density at radius 1 is 1.36 bits per heavy atom. The van der Waals surface area contributed by atoms with Crippen LogP contribution in [0.2, 0.25) is 0 Å². The summed E-state index contributed by atoms with van der Waals surface area (Å²) in [5, 5.41) is 12.0. The molecule has 0 N–H and O–H groups in total. The third kappa shape index (κ3) is 4.33. The quantitative estimate of drug-likeness (QED) is 0.600. The van der Waals surface area contributed by atoms with Gasteiger partial charge in [-0.1, -0.05) is 29.5 Å². The van der Waals surface area contributed by atoms with E-state index >= 15 is 0 Å². The van der Waals surface area contributed by atoms with Gasteiger partial charge in [0.25, 0.3) is 0 Å². The summed E-state index contributed by atoms with van der Waals surface area (Å²) in [6.07, 6.45) is 3.26. The van der Waals surface area contributed by atoms with Crippen LogP contribution in [0, 0.1) is 6.92 Å². The Morgan fingerprint density at radius 2 is 2.20 bits per heavy atom. The van der Waals surface area contributed by atoms with Crippen LogP contribution in [0.4, 0.5) is 0 Å². The molecule has 3 rings (SSSR count). The topological polar surface area (TPSA) is 87.0 Å². The van der Waals surface area contributed by atoms with Gasteiger partial charge >= 0.3 is 5.97 Å². The highest BCUT2D eigenvalue weighted by Gasteiger charge is 2.19. The van der Waals surface area contributed by atoms with Gasteiger partial charge in [-0.3, -0.25) is 4.79 Å². The van der Waals surface area contributed by atoms with Crippen LogP contribution in [0.1, 0.15) is 40.7 Å². The van der Waals surface area contributed by atoms with Gasteiger partial charge in [0.1, 0.15) is 5.76 Å². The van der Waals surface area contributed by atoms with Crippen molar-refractivity contribution in [3.63, 3.8) is 0 Å². The molecule has 1 aliphatic carbocycles. The third-order valence-electron chi connectivity index (χ3n) is 3.81. The molecule has 0 radical (unpaired) electrons. The van der Waals surface area contributed by atoms with Crippen LogP contribution in [-0.2, 0) is 22.3 Å². The number of aromatic nitrogens is 4. The van der Waals surface area contributed by atoms with Gasteiger partial charge < -0.3 is 4.74 Å². The van der Waals surface area contributed by atoms with E-state index in [1.54, 1.807) is 17.8 Å². The molecular weight excluding hydrogens is 340 g/mol. The molecule has 0 saturated carbocycles. The number of hydrogen-bond acceptors (Lipinski definition) is 7. The molecule has 1 aliphatic rings. The summed E-state index contributed by atoms with van der Waals surface area (Å²) in [6, 6.07) is 5.58. The first-order valence-corrected chi connectivity index (χ1v) is 8.92. The lowest BCUT2D eigenvalue weighted by atomic mass is 10.0. The van der Waals surface area contributed by atoms with E-state index < -0.39 is 5.97 Å². The van der Waals surface area contributed by atoms with Crippen LogP contribution < -0.4 is 0 Å². The predicted molar refractivity (Wildman–Crippen MR) is 91.9 cm³/mol. The molecule has 25 heavy (non-hydrogen) atoms. The van der Waals surface area contributed by atoms with Crippen molar-refractivity contribution in [2.45, 2.75) is 37.1 Å². The SMILES string of the molecule is Cc1ccc(C(=O)OC2=CC(=O)CCC2)c(CSc2nnnn2C)c1. The van der Waals surface area contributed by atoms with E-state index in [4.69, 9.17) is 4.74 Å². The molecule has 0 atom stereocenters. The van der Waals surface area contributed by atoms with Crippen molar-refractivity contribution < 1.29 is 14.3 Å². The highest BCUT2D eigenvalue weighted by Crippen LogP contribution is 2.25. The number of nitrogens with zero attached hydrogens (tertiary/aromatic N) is 4. The lowest BCUT2D eigenvalue weighted by Gasteiger charge is -2.14. The number of benzene rings is 1. The molecule has 130 valence electrons. The number of thioether (sulfide) groups is 1. The Bertz CT molecular complexity index is 844. The van der Waals surface area contributed by atoms with E-state index in [-0.39, 0.29) is 5.78 Å². The molecule has 0 aliphatic heterocycles. The van der Waals surface area contributed by atoms with Crippen LogP contribution in [0.15, 0.2) is 35.2 Å². The summed E-state index contributed by atoms with van der Waals surface area (Å²) in [6.45, 7) is 1.97. The normalized spacial score (nSPS) is 14.3. The average molecular weight is 358 g/mol. The largest absolute Gasteiger partial charge is 0.427 e. The average Bonchev–Trinajstić information content (AvgIpc) is 2.98. The zero-order valence-corrected chi connectivity index (χ0v) is 14.9. The molecule has 0 unspecified atom stereocenters. The number of carbonyl (C=O) groups is 2. The van der Waals surface area contributed by atoms with E-state index in [2.05, 4.69) is 15.5 Å². The molecule has 0 saturated heterocycles. The van der Waals surface area contributed by atoms with E-state index in [1.807, 2.05) is 19.1 Å². The summed E-state index contributed by atoms with van der Waals surface area (Å²) < 4.78 is 7.02. The Morgan fingerprint density at radius 3 is 2.92 bits per heavy atom. The van der Waals surface area contributed by atoms with Gasteiger partial charge in [-0.05, 0) is 35.4 Å². The molecule has 1 heterocycles. The highest BCUT2D eigenvalue weighted by atomic mass is 32.2. The van der Waals surface area contributed by atoms with Crippen molar-refractivity contribution in [1.29, 1.82) is 0 Å². The number of tetrazole rings is 1. The second-order valence-electron chi connectivity index (χ2n) is 5.85. The second kappa shape index (κ2) is 7.60. The smallest absolute Gasteiger partial charge is 0.343 e. The number of carbonyl (C=O) groups excluding carboxylic acids is 2. The number of hydrogen-bond donors (Lipinski definition) is 0. The molecule has 0 amide bonds. The first-order chi connectivity index (χ1) is 12.0. The Labute approximate surface area is 149 Å². The number of ether oxygens (including phenoxy) is 1. The van der Waals surface area contributed by atoms with E-state index in [0.717, 1.165) is 11.1 Å². The van der Waals surface area contributed by atoms with Gasteiger partial charge in [-0.2, -0.15) is 0 Å². The molecule has 8 heteroatoms. The van der Waals surface area contributed by atoms with Gasteiger partial charge in [-0.15, -0.1) is 5.10 Å². The number of aryl methyl sites for hydroxylation is 2. The number of rotatable bonds is 5. The summed E-state index contributed by atoms with van der Waals surface area (Å²) >= 11 is 1.44. The van der Waals surface area contributed by atoms with Crippen LogP contribution >= 0.6 is 11.8 Å². The zero-order chi connectivity index (χ0) is 17.8. The maximum atomic E-state index is 12.6. The molecule has 2 aromatic rings. The minimum atomic E-state index is -0.437. The highest BCUT2D eigenvalue weighted by molar-refractivity contribution is 7.98. The Hall–Kier alpha value is -2.48. The lowest BCUT2D eigenvalue weighted by Crippen LogP contribution is -2.12. The van der Waals surface area contributed by atoms with Crippen LogP contribution in [0.3, 0.4) is 0 Å². The fraction of sp³-hybridized carbons (Fsp3) is 0.353. The van der Waals surface area contributed by atoms with Crippen LogP contribution in [0.5, 0.6) is 0 Å². The Balaban J connectivity index is 1.77. The lowest BCUT2D eigenvalue weighted by molar-refractivity contribution is -0.115. The maximum Gasteiger partial charge on any atom is 0.343 e. The van der Waals surface area contributed by atoms with Crippen molar-refractivity contribution in [1.82, 2.24) is 20.2 Å². The summed E-state index contributed by atoms with van der Waals surface area (Å²) in [5.74, 6) is 0.548. The van der Waals surface area contributed by atoms with Crippen molar-refractivity contribution >= 4 is 23.5 Å². The van der Waals surface area contributed by atoms with Gasteiger partial charge in [0.2, 0.25) is 5.16 Å². The number of esters is 1. The number of ketones is 1. The van der Waals surface area contributed by atoms with E-state index in [9.17, 15) is 9.59 Å².